The van der Waals surface area contributed by atoms with Gasteiger partial charge < -0.3 is 4.74 Å². The van der Waals surface area contributed by atoms with Crippen molar-refractivity contribution in [1.29, 1.82) is 0 Å². The van der Waals surface area contributed by atoms with Gasteiger partial charge in [0.15, 0.2) is 0 Å². The molecule has 1 amide bonds. The molecule has 112 valence electrons. The molecule has 7 heteroatoms. The van der Waals surface area contributed by atoms with E-state index in [9.17, 15) is 9.18 Å². The Labute approximate surface area is 126 Å². The van der Waals surface area contributed by atoms with Gasteiger partial charge in [0.2, 0.25) is 5.95 Å². The minimum absolute atomic E-state index is 0.00631. The average Bonchev–Trinajstić information content (AvgIpc) is 2.86. The first-order valence-electron chi connectivity index (χ1n) is 6.51. The molecule has 0 aliphatic rings. The molecule has 0 saturated heterocycles. The molecule has 0 unspecified atom stereocenters. The second kappa shape index (κ2) is 7.24. The number of anilines is 1. The Hall–Kier alpha value is -1.86. The minimum Gasteiger partial charge on any atom is -0.369 e. The summed E-state index contributed by atoms with van der Waals surface area (Å²) in [6.07, 6.45) is 0.546. The van der Waals surface area contributed by atoms with Gasteiger partial charge in [0.25, 0.3) is 5.91 Å². The summed E-state index contributed by atoms with van der Waals surface area (Å²) in [6, 6.07) is 6.21. The van der Waals surface area contributed by atoms with Crippen LogP contribution >= 0.6 is 11.5 Å². The summed E-state index contributed by atoms with van der Waals surface area (Å²) in [5, 5.41) is 3.33. The zero-order valence-electron chi connectivity index (χ0n) is 11.8. The first kappa shape index (κ1) is 15.5. The molecule has 0 fully saturated rings. The van der Waals surface area contributed by atoms with E-state index in [1.807, 2.05) is 13.8 Å². The molecule has 1 aromatic heterocycles. The van der Waals surface area contributed by atoms with Gasteiger partial charge in [-0.2, -0.15) is 4.37 Å². The zero-order valence-corrected chi connectivity index (χ0v) is 12.6. The van der Waals surface area contributed by atoms with Gasteiger partial charge in [0.1, 0.15) is 17.4 Å². The second-order valence-corrected chi connectivity index (χ2v) is 5.56. The predicted octanol–water partition coefficient (Wildman–Crippen LogP) is 2.63. The van der Waals surface area contributed by atoms with Crippen molar-refractivity contribution in [2.75, 3.05) is 11.9 Å². The van der Waals surface area contributed by atoms with E-state index >= 15 is 0 Å². The maximum atomic E-state index is 12.8. The molecule has 0 radical (unpaired) electrons. The van der Waals surface area contributed by atoms with Crippen LogP contribution in [0.15, 0.2) is 24.3 Å². The van der Waals surface area contributed by atoms with Gasteiger partial charge in [-0.25, -0.2) is 9.37 Å². The maximum Gasteiger partial charge on any atom is 0.252 e. The number of ether oxygens (including phenoxy) is 1. The smallest absolute Gasteiger partial charge is 0.252 e. The van der Waals surface area contributed by atoms with Crippen LogP contribution in [0.4, 0.5) is 10.3 Å². The highest BCUT2D eigenvalue weighted by atomic mass is 32.1. The fourth-order valence-corrected chi connectivity index (χ4v) is 2.19. The average molecular weight is 309 g/mol. The van der Waals surface area contributed by atoms with Gasteiger partial charge in [-0.3, -0.25) is 10.1 Å². The Morgan fingerprint density at radius 1 is 1.38 bits per heavy atom. The fourth-order valence-electron chi connectivity index (χ4n) is 1.56. The van der Waals surface area contributed by atoms with Crippen LogP contribution in [0.2, 0.25) is 0 Å². The van der Waals surface area contributed by atoms with E-state index in [2.05, 4.69) is 14.7 Å². The third-order valence-electron chi connectivity index (χ3n) is 2.54. The largest absolute Gasteiger partial charge is 0.369 e. The standard InChI is InChI=1S/C14H16FN3O2S/c1-9(2)20-8-12(19)16-14-17-13(21-18-14)7-10-3-5-11(15)6-4-10/h3-6,9H,7-8H2,1-2H3,(H,16,18,19). The highest BCUT2D eigenvalue weighted by Crippen LogP contribution is 2.14. The van der Waals surface area contributed by atoms with Crippen molar-refractivity contribution in [3.05, 3.63) is 40.7 Å². The summed E-state index contributed by atoms with van der Waals surface area (Å²) >= 11 is 1.20. The molecule has 1 aromatic carbocycles. The van der Waals surface area contributed by atoms with Crippen LogP contribution in [0.1, 0.15) is 24.4 Å². The molecule has 0 atom stereocenters. The molecule has 1 N–H and O–H groups in total. The summed E-state index contributed by atoms with van der Waals surface area (Å²) in [7, 11) is 0. The number of hydrogen-bond acceptors (Lipinski definition) is 5. The first-order valence-corrected chi connectivity index (χ1v) is 7.29. The molecule has 0 aliphatic heterocycles. The monoisotopic (exact) mass is 309 g/mol. The van der Waals surface area contributed by atoms with Crippen LogP contribution in [-0.2, 0) is 16.0 Å². The van der Waals surface area contributed by atoms with Crippen LogP contribution in [0.3, 0.4) is 0 Å². The summed E-state index contributed by atoms with van der Waals surface area (Å²) in [5.74, 6) is -0.279. The molecule has 0 aliphatic carbocycles. The number of rotatable bonds is 6. The molecule has 5 nitrogen and oxygen atoms in total. The Kier molecular flexibility index (Phi) is 5.35. The summed E-state index contributed by atoms with van der Waals surface area (Å²) in [6.45, 7) is 3.69. The van der Waals surface area contributed by atoms with Crippen molar-refractivity contribution in [2.45, 2.75) is 26.4 Å². The number of aromatic nitrogens is 2. The van der Waals surface area contributed by atoms with Gasteiger partial charge in [0, 0.05) is 6.42 Å². The third kappa shape index (κ3) is 5.20. The quantitative estimate of drug-likeness (QED) is 0.891. The van der Waals surface area contributed by atoms with E-state index in [4.69, 9.17) is 4.74 Å². The molecule has 2 aromatic rings. The van der Waals surface area contributed by atoms with Crippen molar-refractivity contribution in [3.63, 3.8) is 0 Å². The number of carbonyl (C=O) groups is 1. The maximum absolute atomic E-state index is 12.8. The van der Waals surface area contributed by atoms with E-state index in [-0.39, 0.29) is 30.4 Å². The summed E-state index contributed by atoms with van der Waals surface area (Å²) in [4.78, 5) is 15.8. The number of benzene rings is 1. The van der Waals surface area contributed by atoms with Crippen LogP contribution in [0, 0.1) is 5.82 Å². The second-order valence-electron chi connectivity index (χ2n) is 4.72. The van der Waals surface area contributed by atoms with Crippen LogP contribution in [0.5, 0.6) is 0 Å². The number of amides is 1. The van der Waals surface area contributed by atoms with Crippen LogP contribution in [-0.4, -0.2) is 28.0 Å². The van der Waals surface area contributed by atoms with Gasteiger partial charge in [-0.1, -0.05) is 12.1 Å². The summed E-state index contributed by atoms with van der Waals surface area (Å²) in [5.41, 5.74) is 0.938. The number of carbonyl (C=O) groups excluding carboxylic acids is 1. The Morgan fingerprint density at radius 3 is 2.76 bits per heavy atom. The SMILES string of the molecule is CC(C)OCC(=O)Nc1nsc(Cc2ccc(F)cc2)n1. The van der Waals surface area contributed by atoms with Crippen molar-refractivity contribution in [1.82, 2.24) is 9.36 Å². The van der Waals surface area contributed by atoms with Crippen molar-refractivity contribution < 1.29 is 13.9 Å². The predicted molar refractivity (Wildman–Crippen MR) is 78.8 cm³/mol. The van der Waals surface area contributed by atoms with E-state index in [1.165, 1.54) is 23.7 Å². The van der Waals surface area contributed by atoms with Crippen molar-refractivity contribution >= 4 is 23.4 Å². The van der Waals surface area contributed by atoms with E-state index in [0.29, 0.717) is 6.42 Å². The van der Waals surface area contributed by atoms with Gasteiger partial charge >= 0.3 is 0 Å². The van der Waals surface area contributed by atoms with Crippen LogP contribution in [0.25, 0.3) is 0 Å². The zero-order chi connectivity index (χ0) is 15.2. The third-order valence-corrected chi connectivity index (χ3v) is 3.25. The summed E-state index contributed by atoms with van der Waals surface area (Å²) < 4.78 is 22.1. The highest BCUT2D eigenvalue weighted by Gasteiger charge is 2.09. The van der Waals surface area contributed by atoms with E-state index in [0.717, 1.165) is 10.6 Å². The van der Waals surface area contributed by atoms with Gasteiger partial charge in [-0.15, -0.1) is 0 Å². The van der Waals surface area contributed by atoms with Crippen molar-refractivity contribution in [2.24, 2.45) is 0 Å². The Balaban J connectivity index is 1.89. The normalized spacial score (nSPS) is 10.9. The van der Waals surface area contributed by atoms with E-state index in [1.54, 1.807) is 12.1 Å². The topological polar surface area (TPSA) is 64.1 Å². The lowest BCUT2D eigenvalue weighted by atomic mass is 10.2. The number of nitrogens with zero attached hydrogens (tertiary/aromatic N) is 2. The lowest BCUT2D eigenvalue weighted by Crippen LogP contribution is -2.21. The molecule has 21 heavy (non-hydrogen) atoms. The lowest BCUT2D eigenvalue weighted by Gasteiger charge is -2.05. The molecule has 0 saturated carbocycles. The number of halogens is 1. The van der Waals surface area contributed by atoms with E-state index < -0.39 is 0 Å². The van der Waals surface area contributed by atoms with Gasteiger partial charge in [-0.05, 0) is 43.1 Å². The Bertz CT molecular complexity index is 599. The molecule has 0 spiro atoms. The minimum atomic E-state index is -0.283. The van der Waals surface area contributed by atoms with Gasteiger partial charge in [0.05, 0.1) is 6.10 Å². The number of hydrogen-bond donors (Lipinski definition) is 1. The molecular formula is C14H16FN3O2S. The Morgan fingerprint density at radius 2 is 2.10 bits per heavy atom. The highest BCUT2D eigenvalue weighted by molar-refractivity contribution is 7.05. The van der Waals surface area contributed by atoms with Crippen LogP contribution < -0.4 is 5.32 Å². The molecule has 1 heterocycles. The fraction of sp³-hybridized carbons (Fsp3) is 0.357. The molecular weight excluding hydrogens is 293 g/mol. The lowest BCUT2D eigenvalue weighted by molar-refractivity contribution is -0.122. The molecule has 2 rings (SSSR count). The first-order chi connectivity index (χ1) is 10.0. The van der Waals surface area contributed by atoms with Crippen molar-refractivity contribution in [3.8, 4) is 0 Å². The number of nitrogens with one attached hydrogen (secondary N) is 1. The molecule has 0 bridgehead atoms.